The van der Waals surface area contributed by atoms with Gasteiger partial charge in [-0.2, -0.15) is 0 Å². The number of alkyl halides is 3. The first-order valence-corrected chi connectivity index (χ1v) is 8.95. The molecular weight excluding hydrogens is 399 g/mol. The van der Waals surface area contributed by atoms with Crippen molar-refractivity contribution in [3.63, 3.8) is 0 Å². The molecular formula is C21H16F3N3O3. The van der Waals surface area contributed by atoms with Crippen molar-refractivity contribution in [2.75, 3.05) is 0 Å². The molecule has 0 unspecified atom stereocenters. The zero-order valence-electron chi connectivity index (χ0n) is 16.0. The highest BCUT2D eigenvalue weighted by Crippen LogP contribution is 2.35. The molecule has 0 amide bonds. The highest BCUT2D eigenvalue weighted by molar-refractivity contribution is 5.89. The fourth-order valence-corrected chi connectivity index (χ4v) is 3.07. The summed E-state index contributed by atoms with van der Waals surface area (Å²) in [6, 6.07) is 9.90. The van der Waals surface area contributed by atoms with Gasteiger partial charge in [-0.05, 0) is 71.6 Å². The van der Waals surface area contributed by atoms with E-state index in [0.29, 0.717) is 22.4 Å². The van der Waals surface area contributed by atoms with E-state index in [9.17, 15) is 13.2 Å². The van der Waals surface area contributed by atoms with Crippen LogP contribution in [0.4, 0.5) is 13.2 Å². The zero-order valence-corrected chi connectivity index (χ0v) is 16.0. The van der Waals surface area contributed by atoms with Crippen LogP contribution in [0.3, 0.4) is 0 Å². The Morgan fingerprint density at radius 1 is 0.967 bits per heavy atom. The lowest BCUT2D eigenvalue weighted by atomic mass is 9.99. The molecule has 0 fully saturated rings. The molecule has 0 saturated heterocycles. The first-order valence-electron chi connectivity index (χ1n) is 8.95. The molecule has 30 heavy (non-hydrogen) atoms. The molecule has 6 nitrogen and oxygen atoms in total. The van der Waals surface area contributed by atoms with E-state index in [1.165, 1.54) is 6.07 Å². The van der Waals surface area contributed by atoms with Crippen molar-refractivity contribution in [2.45, 2.75) is 26.8 Å². The smallest absolute Gasteiger partial charge is 0.467 e. The molecule has 2 aromatic heterocycles. The monoisotopic (exact) mass is 415 g/mol. The van der Waals surface area contributed by atoms with Crippen molar-refractivity contribution in [3.05, 3.63) is 65.7 Å². The van der Waals surface area contributed by atoms with Crippen LogP contribution in [-0.4, -0.2) is 21.5 Å². The fourth-order valence-electron chi connectivity index (χ4n) is 3.07. The summed E-state index contributed by atoms with van der Waals surface area (Å²) in [6.07, 6.45) is -1.51. The Kier molecular flexibility index (Phi) is 5.03. The lowest BCUT2D eigenvalue weighted by molar-refractivity contribution is -0.274. The molecule has 0 atom stereocenters. The van der Waals surface area contributed by atoms with Crippen LogP contribution in [0.15, 0.2) is 53.3 Å². The van der Waals surface area contributed by atoms with Gasteiger partial charge in [0.2, 0.25) is 0 Å². The van der Waals surface area contributed by atoms with Crippen molar-refractivity contribution in [1.82, 2.24) is 15.1 Å². The Bertz CT molecular complexity index is 1190. The minimum absolute atomic E-state index is 0.119. The van der Waals surface area contributed by atoms with Gasteiger partial charge in [0, 0.05) is 12.4 Å². The molecule has 0 aliphatic rings. The number of hydrogen-bond donors (Lipinski definition) is 0. The molecule has 0 spiro atoms. The van der Waals surface area contributed by atoms with Gasteiger partial charge in [0.1, 0.15) is 12.4 Å². The highest BCUT2D eigenvalue weighted by Gasteiger charge is 2.31. The van der Waals surface area contributed by atoms with Gasteiger partial charge >= 0.3 is 6.36 Å². The number of aryl methyl sites for hydroxylation is 2. The number of rotatable bonds is 5. The van der Waals surface area contributed by atoms with Crippen LogP contribution in [0.25, 0.3) is 22.1 Å². The zero-order chi connectivity index (χ0) is 21.3. The van der Waals surface area contributed by atoms with Gasteiger partial charge in [0.25, 0.3) is 5.88 Å². The lowest BCUT2D eigenvalue weighted by Crippen LogP contribution is -2.17. The third-order valence-corrected chi connectivity index (χ3v) is 4.42. The standard InChI is InChI=1S/C21H16F3N3O3/c1-12-8-14(4-5-17(12)29-21(22,23)24)15-9-13(2)19-16(10-15)20(27-30-19)28-11-18-25-6-3-7-26-18/h3-10H,11H2,1-2H3. The summed E-state index contributed by atoms with van der Waals surface area (Å²) in [7, 11) is 0. The summed E-state index contributed by atoms with van der Waals surface area (Å²) < 4.78 is 52.7. The van der Waals surface area contributed by atoms with E-state index >= 15 is 0 Å². The Labute approximate surface area is 169 Å². The molecule has 0 N–H and O–H groups in total. The number of halogens is 3. The summed E-state index contributed by atoms with van der Waals surface area (Å²) in [5.74, 6) is 0.550. The molecule has 2 heterocycles. The normalized spacial score (nSPS) is 11.6. The van der Waals surface area contributed by atoms with Crippen molar-refractivity contribution in [1.29, 1.82) is 0 Å². The van der Waals surface area contributed by atoms with Gasteiger partial charge in [-0.3, -0.25) is 0 Å². The van der Waals surface area contributed by atoms with Crippen molar-refractivity contribution in [2.24, 2.45) is 0 Å². The first-order chi connectivity index (χ1) is 14.3. The van der Waals surface area contributed by atoms with Gasteiger partial charge < -0.3 is 14.0 Å². The molecule has 0 bridgehead atoms. The highest BCUT2D eigenvalue weighted by atomic mass is 19.4. The van der Waals surface area contributed by atoms with E-state index < -0.39 is 6.36 Å². The Morgan fingerprint density at radius 2 is 1.70 bits per heavy atom. The van der Waals surface area contributed by atoms with E-state index in [4.69, 9.17) is 9.26 Å². The average Bonchev–Trinajstić information content (AvgIpc) is 3.11. The van der Waals surface area contributed by atoms with Crippen LogP contribution in [0.2, 0.25) is 0 Å². The van der Waals surface area contributed by atoms with Gasteiger partial charge in [-0.15, -0.1) is 13.2 Å². The second-order valence-electron chi connectivity index (χ2n) is 6.64. The van der Waals surface area contributed by atoms with E-state index in [-0.39, 0.29) is 18.2 Å². The fraction of sp³-hybridized carbons (Fsp3) is 0.190. The number of fused-ring (bicyclic) bond motifs is 1. The minimum atomic E-state index is -4.74. The second kappa shape index (κ2) is 7.66. The number of nitrogens with zero attached hydrogens (tertiary/aromatic N) is 3. The third kappa shape index (κ3) is 4.19. The Balaban J connectivity index is 1.66. The van der Waals surface area contributed by atoms with Gasteiger partial charge in [0.15, 0.2) is 11.4 Å². The van der Waals surface area contributed by atoms with Crippen LogP contribution >= 0.6 is 0 Å². The number of ether oxygens (including phenoxy) is 2. The quantitative estimate of drug-likeness (QED) is 0.436. The summed E-state index contributed by atoms with van der Waals surface area (Å²) in [6.45, 7) is 3.53. The van der Waals surface area contributed by atoms with Crippen molar-refractivity contribution < 1.29 is 27.2 Å². The molecule has 154 valence electrons. The Morgan fingerprint density at radius 3 is 2.40 bits per heavy atom. The number of hydrogen-bond acceptors (Lipinski definition) is 6. The number of aromatic nitrogens is 3. The largest absolute Gasteiger partial charge is 0.573 e. The van der Waals surface area contributed by atoms with Gasteiger partial charge in [-0.25, -0.2) is 9.97 Å². The molecule has 0 saturated carbocycles. The molecule has 2 aromatic carbocycles. The summed E-state index contributed by atoms with van der Waals surface area (Å²) in [5, 5.41) is 4.63. The van der Waals surface area contributed by atoms with Crippen LogP contribution in [0.5, 0.6) is 11.6 Å². The second-order valence-corrected chi connectivity index (χ2v) is 6.64. The van der Waals surface area contributed by atoms with E-state index in [1.807, 2.05) is 19.1 Å². The molecule has 4 rings (SSSR count). The average molecular weight is 415 g/mol. The molecule has 0 aliphatic heterocycles. The topological polar surface area (TPSA) is 70.3 Å². The molecule has 9 heteroatoms. The predicted molar refractivity (Wildman–Crippen MR) is 102 cm³/mol. The maximum Gasteiger partial charge on any atom is 0.573 e. The Hall–Kier alpha value is -3.62. The molecule has 4 aromatic rings. The van der Waals surface area contributed by atoms with Crippen LogP contribution in [0, 0.1) is 13.8 Å². The van der Waals surface area contributed by atoms with E-state index in [1.54, 1.807) is 37.5 Å². The predicted octanol–water partition coefficient (Wildman–Crippen LogP) is 5.38. The maximum atomic E-state index is 12.5. The molecule has 0 radical (unpaired) electrons. The van der Waals surface area contributed by atoms with Gasteiger partial charge in [-0.1, -0.05) is 6.07 Å². The van der Waals surface area contributed by atoms with Crippen LogP contribution in [0.1, 0.15) is 17.0 Å². The summed E-state index contributed by atoms with van der Waals surface area (Å²) in [5.41, 5.74) is 3.26. The van der Waals surface area contributed by atoms with E-state index in [2.05, 4.69) is 19.9 Å². The SMILES string of the molecule is Cc1cc(-c2cc(C)c3onc(OCc4ncccn4)c3c2)ccc1OC(F)(F)F. The van der Waals surface area contributed by atoms with Crippen LogP contribution in [-0.2, 0) is 6.61 Å². The minimum Gasteiger partial charge on any atom is -0.467 e. The van der Waals surface area contributed by atoms with Crippen molar-refractivity contribution >= 4 is 11.0 Å². The van der Waals surface area contributed by atoms with Gasteiger partial charge in [0.05, 0.1) is 5.39 Å². The third-order valence-electron chi connectivity index (χ3n) is 4.42. The van der Waals surface area contributed by atoms with Crippen molar-refractivity contribution in [3.8, 4) is 22.8 Å². The maximum absolute atomic E-state index is 12.5. The van der Waals surface area contributed by atoms with Crippen LogP contribution < -0.4 is 9.47 Å². The van der Waals surface area contributed by atoms with E-state index in [0.717, 1.165) is 16.7 Å². The first kappa shape index (κ1) is 19.7. The number of benzene rings is 2. The lowest BCUT2D eigenvalue weighted by Gasteiger charge is -2.13. The summed E-state index contributed by atoms with van der Waals surface area (Å²) >= 11 is 0. The molecule has 0 aliphatic carbocycles. The summed E-state index contributed by atoms with van der Waals surface area (Å²) in [4.78, 5) is 8.20.